The van der Waals surface area contributed by atoms with Gasteiger partial charge in [0.25, 0.3) is 5.89 Å². The average Bonchev–Trinajstić information content (AvgIpc) is 3.41. The normalized spacial score (nSPS) is 13.4. The molecule has 0 N–H and O–H groups in total. The summed E-state index contributed by atoms with van der Waals surface area (Å²) in [5.74, 6) is 2.07. The second-order valence-corrected chi connectivity index (χ2v) is 6.20. The molecule has 0 unspecified atom stereocenters. The number of nitrogens with zero attached hydrogens (tertiary/aromatic N) is 2. The highest BCUT2D eigenvalue weighted by Crippen LogP contribution is 2.32. The van der Waals surface area contributed by atoms with E-state index >= 15 is 0 Å². The molecule has 3 aromatic rings. The van der Waals surface area contributed by atoms with Crippen molar-refractivity contribution in [3.05, 3.63) is 60.0 Å². The molecule has 0 aliphatic carbocycles. The monoisotopic (exact) mass is 394 g/mol. The molecular formula is C21H18N2O6. The van der Waals surface area contributed by atoms with E-state index in [9.17, 15) is 4.79 Å². The Hall–Kier alpha value is -3.81. The summed E-state index contributed by atoms with van der Waals surface area (Å²) in [5.41, 5.74) is 1.53. The molecule has 1 aliphatic rings. The quantitative estimate of drug-likeness (QED) is 0.460. The molecule has 0 fully saturated rings. The lowest BCUT2D eigenvalue weighted by atomic mass is 10.2. The molecule has 29 heavy (non-hydrogen) atoms. The minimum atomic E-state index is -0.691. The summed E-state index contributed by atoms with van der Waals surface area (Å²) in [4.78, 5) is 12.1. The van der Waals surface area contributed by atoms with Gasteiger partial charge in [0.1, 0.15) is 5.75 Å². The molecule has 0 spiro atoms. The highest BCUT2D eigenvalue weighted by atomic mass is 16.7. The molecule has 148 valence electrons. The van der Waals surface area contributed by atoms with Gasteiger partial charge < -0.3 is 23.4 Å². The van der Waals surface area contributed by atoms with Crippen LogP contribution in [0, 0.1) is 0 Å². The fourth-order valence-electron chi connectivity index (χ4n) is 2.69. The first-order valence-corrected chi connectivity index (χ1v) is 8.88. The van der Waals surface area contributed by atoms with E-state index in [1.165, 1.54) is 6.08 Å². The van der Waals surface area contributed by atoms with Gasteiger partial charge in [0, 0.05) is 11.6 Å². The number of carbonyl (C=O) groups is 1. The minimum absolute atomic E-state index is 0.199. The molecule has 1 atom stereocenters. The number of ether oxygens (including phenoxy) is 4. The largest absolute Gasteiger partial charge is 0.497 e. The van der Waals surface area contributed by atoms with Crippen LogP contribution in [-0.4, -0.2) is 30.1 Å². The van der Waals surface area contributed by atoms with Crippen molar-refractivity contribution in [2.75, 3.05) is 13.9 Å². The van der Waals surface area contributed by atoms with E-state index in [2.05, 4.69) is 10.2 Å². The second-order valence-electron chi connectivity index (χ2n) is 6.20. The maximum Gasteiger partial charge on any atom is 0.331 e. The van der Waals surface area contributed by atoms with Crippen molar-refractivity contribution in [3.63, 3.8) is 0 Å². The van der Waals surface area contributed by atoms with Crippen LogP contribution >= 0.6 is 0 Å². The third kappa shape index (κ3) is 4.21. The Kier molecular flexibility index (Phi) is 5.15. The lowest BCUT2D eigenvalue weighted by Gasteiger charge is -2.07. The first kappa shape index (κ1) is 18.5. The number of benzene rings is 2. The Bertz CT molecular complexity index is 1040. The van der Waals surface area contributed by atoms with Crippen LogP contribution in [0.2, 0.25) is 0 Å². The van der Waals surface area contributed by atoms with Crippen LogP contribution in [0.25, 0.3) is 17.5 Å². The van der Waals surface area contributed by atoms with Crippen LogP contribution in [0.4, 0.5) is 0 Å². The molecule has 0 amide bonds. The van der Waals surface area contributed by atoms with E-state index in [1.807, 2.05) is 6.07 Å². The fraction of sp³-hybridized carbons (Fsp3) is 0.190. The zero-order valence-electron chi connectivity index (χ0n) is 15.8. The summed E-state index contributed by atoms with van der Waals surface area (Å²) in [6.45, 7) is 1.86. The summed E-state index contributed by atoms with van der Waals surface area (Å²) in [5, 5.41) is 7.97. The Labute approximate surface area is 166 Å². The first-order chi connectivity index (χ1) is 14.1. The Morgan fingerprint density at radius 1 is 1.10 bits per heavy atom. The summed E-state index contributed by atoms with van der Waals surface area (Å²) in [6.07, 6.45) is 2.27. The van der Waals surface area contributed by atoms with Crippen molar-refractivity contribution in [2.24, 2.45) is 0 Å². The molecular weight excluding hydrogens is 376 g/mol. The molecule has 0 saturated heterocycles. The molecule has 8 heteroatoms. The maximum atomic E-state index is 12.1. The maximum absolute atomic E-state index is 12.1. The minimum Gasteiger partial charge on any atom is -0.497 e. The average molecular weight is 394 g/mol. The third-order valence-electron chi connectivity index (χ3n) is 4.23. The van der Waals surface area contributed by atoms with E-state index in [4.69, 9.17) is 23.4 Å². The van der Waals surface area contributed by atoms with Gasteiger partial charge in [0.2, 0.25) is 12.7 Å². The summed E-state index contributed by atoms with van der Waals surface area (Å²) < 4.78 is 26.7. The van der Waals surface area contributed by atoms with Crippen molar-refractivity contribution >= 4 is 12.0 Å². The van der Waals surface area contributed by atoms with Crippen molar-refractivity contribution < 1.29 is 28.2 Å². The summed E-state index contributed by atoms with van der Waals surface area (Å²) >= 11 is 0. The van der Waals surface area contributed by atoms with Gasteiger partial charge in [0.15, 0.2) is 17.6 Å². The van der Waals surface area contributed by atoms with Crippen LogP contribution in [0.5, 0.6) is 17.2 Å². The number of carbonyl (C=O) groups excluding carboxylic acids is 1. The first-order valence-electron chi connectivity index (χ1n) is 8.88. The number of esters is 1. The van der Waals surface area contributed by atoms with Gasteiger partial charge in [-0.3, -0.25) is 0 Å². The van der Waals surface area contributed by atoms with Crippen LogP contribution in [0.3, 0.4) is 0 Å². The predicted octanol–water partition coefficient (Wildman–Crippen LogP) is 3.79. The Morgan fingerprint density at radius 3 is 2.69 bits per heavy atom. The molecule has 0 saturated carbocycles. The summed E-state index contributed by atoms with van der Waals surface area (Å²) in [6, 6.07) is 12.6. The van der Waals surface area contributed by atoms with Crippen LogP contribution < -0.4 is 14.2 Å². The number of fused-ring (bicyclic) bond motifs is 1. The topological polar surface area (TPSA) is 92.9 Å². The molecule has 0 bridgehead atoms. The van der Waals surface area contributed by atoms with E-state index in [0.717, 1.165) is 16.9 Å². The van der Waals surface area contributed by atoms with Gasteiger partial charge >= 0.3 is 5.97 Å². The van der Waals surface area contributed by atoms with Crippen molar-refractivity contribution in [2.45, 2.75) is 13.0 Å². The van der Waals surface area contributed by atoms with Gasteiger partial charge in [-0.15, -0.1) is 10.2 Å². The second kappa shape index (κ2) is 8.05. The van der Waals surface area contributed by atoms with Gasteiger partial charge in [-0.25, -0.2) is 4.79 Å². The molecule has 0 radical (unpaired) electrons. The van der Waals surface area contributed by atoms with E-state index in [-0.39, 0.29) is 12.7 Å². The molecule has 4 rings (SSSR count). The number of rotatable bonds is 6. The SMILES string of the molecule is COc1ccc(-c2nnc([C@@H](C)OC(=O)/C=C/c3ccc4c(c3)OCO4)o2)cc1. The van der Waals surface area contributed by atoms with Gasteiger partial charge in [-0.1, -0.05) is 6.07 Å². The van der Waals surface area contributed by atoms with Crippen LogP contribution in [0.1, 0.15) is 24.5 Å². The van der Waals surface area contributed by atoms with Crippen LogP contribution in [-0.2, 0) is 9.53 Å². The highest BCUT2D eigenvalue weighted by molar-refractivity contribution is 5.87. The van der Waals surface area contributed by atoms with Crippen LogP contribution in [0.15, 0.2) is 53.0 Å². The number of methoxy groups -OCH3 is 1. The standard InChI is InChI=1S/C21H18N2O6/c1-13(20-22-23-21(29-20)15-5-7-16(25-2)8-6-15)28-19(24)10-4-14-3-9-17-18(11-14)27-12-26-17/h3-11,13H,12H2,1-2H3/b10-4+/t13-/m1/s1. The van der Waals surface area contributed by atoms with E-state index < -0.39 is 12.1 Å². The Balaban J connectivity index is 1.38. The van der Waals surface area contributed by atoms with Crippen molar-refractivity contribution in [1.29, 1.82) is 0 Å². The number of hydrogen-bond acceptors (Lipinski definition) is 8. The number of aromatic nitrogens is 2. The zero-order chi connectivity index (χ0) is 20.2. The molecule has 8 nitrogen and oxygen atoms in total. The predicted molar refractivity (Wildman–Crippen MR) is 102 cm³/mol. The third-order valence-corrected chi connectivity index (χ3v) is 4.23. The summed E-state index contributed by atoms with van der Waals surface area (Å²) in [7, 11) is 1.59. The van der Waals surface area contributed by atoms with Gasteiger partial charge in [0.05, 0.1) is 7.11 Å². The smallest absolute Gasteiger partial charge is 0.331 e. The van der Waals surface area contributed by atoms with E-state index in [0.29, 0.717) is 17.4 Å². The zero-order valence-corrected chi connectivity index (χ0v) is 15.8. The van der Waals surface area contributed by atoms with Crippen molar-refractivity contribution in [1.82, 2.24) is 10.2 Å². The lowest BCUT2D eigenvalue weighted by molar-refractivity contribution is -0.143. The van der Waals surface area contributed by atoms with Gasteiger partial charge in [-0.2, -0.15) is 0 Å². The Morgan fingerprint density at radius 2 is 1.90 bits per heavy atom. The molecule has 2 aromatic carbocycles. The number of hydrogen-bond donors (Lipinski definition) is 0. The lowest BCUT2D eigenvalue weighted by Crippen LogP contribution is -2.06. The molecule has 1 aromatic heterocycles. The molecule has 2 heterocycles. The van der Waals surface area contributed by atoms with Crippen molar-refractivity contribution in [3.8, 4) is 28.7 Å². The van der Waals surface area contributed by atoms with Gasteiger partial charge in [-0.05, 0) is 55.0 Å². The fourth-order valence-corrected chi connectivity index (χ4v) is 2.69. The highest BCUT2D eigenvalue weighted by Gasteiger charge is 2.18. The van der Waals surface area contributed by atoms with E-state index in [1.54, 1.807) is 56.5 Å². The molecule has 1 aliphatic heterocycles.